The zero-order chi connectivity index (χ0) is 20.1. The zero-order valence-corrected chi connectivity index (χ0v) is 15.7. The molecule has 150 valence electrons. The van der Waals surface area contributed by atoms with Crippen LogP contribution in [0.25, 0.3) is 0 Å². The second-order valence-corrected chi connectivity index (χ2v) is 6.94. The molecular formula is C21H24F3N3O. The normalized spacial score (nSPS) is 19.2. The number of benzene rings is 2. The fourth-order valence-corrected chi connectivity index (χ4v) is 3.54. The minimum absolute atomic E-state index is 0.0946. The van der Waals surface area contributed by atoms with Crippen LogP contribution < -0.4 is 10.5 Å². The van der Waals surface area contributed by atoms with Gasteiger partial charge in [-0.15, -0.1) is 0 Å². The van der Waals surface area contributed by atoms with Gasteiger partial charge in [-0.25, -0.2) is 4.99 Å². The third kappa shape index (κ3) is 4.24. The number of hydrogen-bond acceptors (Lipinski definition) is 4. The van der Waals surface area contributed by atoms with Gasteiger partial charge in [0, 0.05) is 7.05 Å². The first-order valence-electron chi connectivity index (χ1n) is 9.22. The summed E-state index contributed by atoms with van der Waals surface area (Å²) >= 11 is 0. The fourth-order valence-electron chi connectivity index (χ4n) is 3.54. The van der Waals surface area contributed by atoms with Crippen LogP contribution in [0.3, 0.4) is 0 Å². The number of likely N-dealkylation sites (N-methyl/N-ethyl adjacent to an activating group) is 1. The van der Waals surface area contributed by atoms with E-state index >= 15 is 0 Å². The minimum Gasteiger partial charge on any atom is -0.435 e. The second kappa shape index (κ2) is 8.54. The molecule has 0 spiro atoms. The first-order chi connectivity index (χ1) is 13.4. The highest BCUT2D eigenvalue weighted by molar-refractivity contribution is 5.81. The van der Waals surface area contributed by atoms with Gasteiger partial charge in [-0.3, -0.25) is 4.39 Å². The summed E-state index contributed by atoms with van der Waals surface area (Å²) in [7, 11) is 1.86. The molecule has 0 saturated heterocycles. The maximum Gasteiger partial charge on any atom is 0.387 e. The first kappa shape index (κ1) is 20.0. The van der Waals surface area contributed by atoms with E-state index < -0.39 is 12.2 Å². The molecule has 28 heavy (non-hydrogen) atoms. The number of unbranched alkanes of at least 4 members (excludes halogenated alkanes) is 1. The van der Waals surface area contributed by atoms with Crippen LogP contribution in [-0.2, 0) is 12.0 Å². The summed E-state index contributed by atoms with van der Waals surface area (Å²) < 4.78 is 41.8. The van der Waals surface area contributed by atoms with E-state index in [9.17, 15) is 13.2 Å². The average Bonchev–Trinajstić information content (AvgIpc) is 2.98. The molecule has 7 heteroatoms. The van der Waals surface area contributed by atoms with Crippen LogP contribution >= 0.6 is 0 Å². The summed E-state index contributed by atoms with van der Waals surface area (Å²) in [6, 6.07) is 14.5. The summed E-state index contributed by atoms with van der Waals surface area (Å²) in [6.45, 7) is -2.66. The summed E-state index contributed by atoms with van der Waals surface area (Å²) in [4.78, 5) is 6.60. The van der Waals surface area contributed by atoms with Gasteiger partial charge in [-0.1, -0.05) is 36.4 Å². The van der Waals surface area contributed by atoms with Crippen LogP contribution in [0.2, 0.25) is 0 Å². The predicted octanol–water partition coefficient (Wildman–Crippen LogP) is 4.08. The van der Waals surface area contributed by atoms with Gasteiger partial charge < -0.3 is 15.4 Å². The van der Waals surface area contributed by atoms with Crippen molar-refractivity contribution in [3.63, 3.8) is 0 Å². The summed E-state index contributed by atoms with van der Waals surface area (Å²) in [6.07, 6.45) is 2.09. The molecule has 1 aliphatic heterocycles. The molecule has 4 nitrogen and oxygen atoms in total. The maximum atomic E-state index is 12.4. The number of rotatable bonds is 8. The van der Waals surface area contributed by atoms with Crippen LogP contribution in [0.15, 0.2) is 53.5 Å². The topological polar surface area (TPSA) is 50.8 Å². The smallest absolute Gasteiger partial charge is 0.387 e. The van der Waals surface area contributed by atoms with Gasteiger partial charge in [0.25, 0.3) is 0 Å². The number of nitrogens with two attached hydrogens (primary N) is 1. The van der Waals surface area contributed by atoms with Crippen LogP contribution in [0.5, 0.6) is 5.75 Å². The maximum absolute atomic E-state index is 12.4. The molecule has 3 rings (SSSR count). The summed E-state index contributed by atoms with van der Waals surface area (Å²) in [5.74, 6) is 0.507. The molecule has 0 radical (unpaired) electrons. The Hall–Kier alpha value is -2.70. The van der Waals surface area contributed by atoms with Crippen LogP contribution in [0.1, 0.15) is 29.5 Å². The number of nitrogens with zero attached hydrogens (tertiary/aromatic N) is 2. The Kier molecular flexibility index (Phi) is 6.11. The van der Waals surface area contributed by atoms with Gasteiger partial charge in [0.2, 0.25) is 0 Å². The van der Waals surface area contributed by atoms with Crippen molar-refractivity contribution in [3.05, 3.63) is 65.2 Å². The van der Waals surface area contributed by atoms with Crippen molar-refractivity contribution < 1.29 is 17.9 Å². The number of guanidine groups is 1. The molecule has 1 unspecified atom stereocenters. The number of aryl methyl sites for hydroxylation is 1. The molecule has 2 N–H and O–H groups in total. The molecule has 0 bridgehead atoms. The van der Waals surface area contributed by atoms with E-state index in [1.807, 2.05) is 30.1 Å². The van der Waals surface area contributed by atoms with Crippen molar-refractivity contribution in [2.24, 2.45) is 10.7 Å². The number of hydrogen-bond donors (Lipinski definition) is 1. The standard InChI is InChI=1S/C21H24F3N3O/c1-27-14-21(26-20(27)25,16-8-10-18(11-9-16)28-19(23)24)17-7-4-6-15(13-17)5-2-3-12-22/h4,6-11,13,19H,2-3,5,12,14H2,1H3,(H2,25,26). The van der Waals surface area contributed by atoms with Crippen molar-refractivity contribution in [1.82, 2.24) is 4.90 Å². The van der Waals surface area contributed by atoms with E-state index in [4.69, 9.17) is 10.7 Å². The Bertz CT molecular complexity index is 826. The first-order valence-corrected chi connectivity index (χ1v) is 9.22. The third-order valence-electron chi connectivity index (χ3n) is 4.97. The molecule has 2 aromatic carbocycles. The Balaban J connectivity index is 1.97. The van der Waals surface area contributed by atoms with Crippen LogP contribution in [-0.4, -0.2) is 37.7 Å². The van der Waals surface area contributed by atoms with E-state index in [0.717, 1.165) is 29.5 Å². The number of aliphatic imine (C=N–C) groups is 1. The second-order valence-electron chi connectivity index (χ2n) is 6.94. The number of halogens is 3. The Morgan fingerprint density at radius 2 is 1.89 bits per heavy atom. The van der Waals surface area contributed by atoms with Crippen molar-refractivity contribution in [1.29, 1.82) is 0 Å². The van der Waals surface area contributed by atoms with Crippen molar-refractivity contribution >= 4 is 5.96 Å². The molecule has 1 aliphatic rings. The van der Waals surface area contributed by atoms with Gasteiger partial charge in [-0.2, -0.15) is 8.78 Å². The molecule has 1 atom stereocenters. The predicted molar refractivity (Wildman–Crippen MR) is 103 cm³/mol. The van der Waals surface area contributed by atoms with Crippen LogP contribution in [0, 0.1) is 0 Å². The molecule has 0 aromatic heterocycles. The lowest BCUT2D eigenvalue weighted by atomic mass is 9.82. The van der Waals surface area contributed by atoms with E-state index in [2.05, 4.69) is 10.8 Å². The lowest BCUT2D eigenvalue weighted by Gasteiger charge is -2.28. The van der Waals surface area contributed by atoms with E-state index in [-0.39, 0.29) is 12.4 Å². The van der Waals surface area contributed by atoms with Crippen molar-refractivity contribution in [3.8, 4) is 5.75 Å². The molecule has 2 aromatic rings. The fraction of sp³-hybridized carbons (Fsp3) is 0.381. The summed E-state index contributed by atoms with van der Waals surface area (Å²) in [5, 5.41) is 0. The highest BCUT2D eigenvalue weighted by Gasteiger charge is 2.40. The van der Waals surface area contributed by atoms with Gasteiger partial charge in [0.05, 0.1) is 13.2 Å². The Morgan fingerprint density at radius 1 is 1.14 bits per heavy atom. The average molecular weight is 391 g/mol. The third-order valence-corrected chi connectivity index (χ3v) is 4.97. The lowest BCUT2D eigenvalue weighted by Crippen LogP contribution is -2.34. The van der Waals surface area contributed by atoms with Crippen molar-refractivity contribution in [2.75, 3.05) is 20.3 Å². The molecule has 0 amide bonds. The minimum atomic E-state index is -2.87. The van der Waals surface area contributed by atoms with E-state index in [0.29, 0.717) is 18.9 Å². The van der Waals surface area contributed by atoms with Crippen LogP contribution in [0.4, 0.5) is 13.2 Å². The van der Waals surface area contributed by atoms with E-state index in [1.54, 1.807) is 12.1 Å². The lowest BCUT2D eigenvalue weighted by molar-refractivity contribution is -0.0498. The number of ether oxygens (including phenoxy) is 1. The zero-order valence-electron chi connectivity index (χ0n) is 15.7. The van der Waals surface area contributed by atoms with Gasteiger partial charge in [0.15, 0.2) is 5.96 Å². The molecule has 0 aliphatic carbocycles. The largest absolute Gasteiger partial charge is 0.435 e. The molecular weight excluding hydrogens is 367 g/mol. The van der Waals surface area contributed by atoms with E-state index in [1.165, 1.54) is 12.1 Å². The van der Waals surface area contributed by atoms with Gasteiger partial charge in [0.1, 0.15) is 11.3 Å². The monoisotopic (exact) mass is 391 g/mol. The number of alkyl halides is 3. The van der Waals surface area contributed by atoms with Crippen molar-refractivity contribution in [2.45, 2.75) is 31.4 Å². The quantitative estimate of drug-likeness (QED) is 0.690. The highest BCUT2D eigenvalue weighted by atomic mass is 19.3. The summed E-state index contributed by atoms with van der Waals surface area (Å²) in [5.41, 5.74) is 8.23. The molecule has 0 saturated carbocycles. The molecule has 0 fully saturated rings. The highest BCUT2D eigenvalue weighted by Crippen LogP contribution is 2.39. The Morgan fingerprint density at radius 3 is 2.50 bits per heavy atom. The van der Waals surface area contributed by atoms with Gasteiger partial charge >= 0.3 is 6.61 Å². The molecule has 1 heterocycles. The van der Waals surface area contributed by atoms with Gasteiger partial charge in [-0.05, 0) is 48.1 Å². The SMILES string of the molecule is CN1CC(c2ccc(OC(F)F)cc2)(c2cccc(CCCCF)c2)N=C1N. The Labute approximate surface area is 162 Å².